The van der Waals surface area contributed by atoms with Crippen LogP contribution in [0, 0.1) is 5.82 Å². The van der Waals surface area contributed by atoms with E-state index in [0.29, 0.717) is 28.1 Å². The molecular formula is C22H16FNO3. The molecule has 0 aliphatic carbocycles. The molecule has 0 radical (unpaired) electrons. The molecule has 2 heterocycles. The van der Waals surface area contributed by atoms with Gasteiger partial charge in [-0.2, -0.15) is 0 Å². The first-order valence-electron chi connectivity index (χ1n) is 8.58. The van der Waals surface area contributed by atoms with Gasteiger partial charge in [-0.15, -0.1) is 0 Å². The maximum absolute atomic E-state index is 13.1. The highest BCUT2D eigenvalue weighted by atomic mass is 19.1. The molecule has 0 atom stereocenters. The number of benzene rings is 2. The summed E-state index contributed by atoms with van der Waals surface area (Å²) in [6.07, 6.45) is 0.815. The van der Waals surface area contributed by atoms with E-state index in [2.05, 4.69) is 4.98 Å². The number of aromatic nitrogens is 1. The number of aryl methyl sites for hydroxylation is 1. The number of hydrogen-bond donors (Lipinski definition) is 1. The molecule has 4 aromatic rings. The Kier molecular flexibility index (Phi) is 4.20. The van der Waals surface area contributed by atoms with Crippen molar-refractivity contribution < 1.29 is 18.7 Å². The minimum Gasteiger partial charge on any atom is -0.478 e. The lowest BCUT2D eigenvalue weighted by molar-refractivity contribution is 0.0699. The van der Waals surface area contributed by atoms with Crippen molar-refractivity contribution in [2.75, 3.05) is 0 Å². The van der Waals surface area contributed by atoms with Gasteiger partial charge in [-0.05, 0) is 66.6 Å². The lowest BCUT2D eigenvalue weighted by Crippen LogP contribution is -2.00. The van der Waals surface area contributed by atoms with Crippen molar-refractivity contribution in [3.05, 3.63) is 77.6 Å². The number of hydrogen-bond acceptors (Lipinski definition) is 3. The molecule has 0 bridgehead atoms. The summed E-state index contributed by atoms with van der Waals surface area (Å²) in [5, 5.41) is 10.2. The minimum absolute atomic E-state index is 0.185. The van der Waals surface area contributed by atoms with Gasteiger partial charge in [0, 0.05) is 10.9 Å². The number of furan rings is 1. The third-order valence-corrected chi connectivity index (χ3v) is 4.50. The van der Waals surface area contributed by atoms with Crippen molar-refractivity contribution in [1.29, 1.82) is 0 Å². The minimum atomic E-state index is -1.01. The van der Waals surface area contributed by atoms with Crippen molar-refractivity contribution in [3.63, 3.8) is 0 Å². The van der Waals surface area contributed by atoms with Gasteiger partial charge in [0.15, 0.2) is 5.76 Å². The summed E-state index contributed by atoms with van der Waals surface area (Å²) < 4.78 is 18.9. The summed E-state index contributed by atoms with van der Waals surface area (Å²) in [7, 11) is 0. The zero-order chi connectivity index (χ0) is 19.0. The Balaban J connectivity index is 1.82. The summed E-state index contributed by atoms with van der Waals surface area (Å²) >= 11 is 0. The number of aromatic carboxylic acids is 1. The standard InChI is InChI=1S/C22H16FNO3/c1-2-13-3-8-18-16(11-13)17(22(25)26)12-19(24-18)21-10-9-20(27-21)14-4-6-15(23)7-5-14/h3-12H,2H2,1H3,(H,25,26). The fourth-order valence-electron chi connectivity index (χ4n) is 3.04. The van der Waals surface area contributed by atoms with E-state index in [1.807, 2.05) is 25.1 Å². The highest BCUT2D eigenvalue weighted by Gasteiger charge is 2.16. The second-order valence-corrected chi connectivity index (χ2v) is 6.24. The van der Waals surface area contributed by atoms with E-state index >= 15 is 0 Å². The van der Waals surface area contributed by atoms with Gasteiger partial charge in [0.2, 0.25) is 0 Å². The Morgan fingerprint density at radius 3 is 2.48 bits per heavy atom. The molecule has 0 spiro atoms. The van der Waals surface area contributed by atoms with E-state index in [1.165, 1.54) is 18.2 Å². The first kappa shape index (κ1) is 17.0. The number of fused-ring (bicyclic) bond motifs is 1. The molecule has 4 rings (SSSR count). The number of carbonyl (C=O) groups is 1. The van der Waals surface area contributed by atoms with Gasteiger partial charge in [0.1, 0.15) is 17.3 Å². The Hall–Kier alpha value is -3.47. The summed E-state index contributed by atoms with van der Waals surface area (Å²) in [5.74, 6) is -0.315. The zero-order valence-electron chi connectivity index (χ0n) is 14.6. The molecule has 0 aliphatic rings. The molecule has 1 N–H and O–H groups in total. The van der Waals surface area contributed by atoms with Crippen molar-refractivity contribution in [3.8, 4) is 22.8 Å². The van der Waals surface area contributed by atoms with E-state index in [4.69, 9.17) is 4.42 Å². The summed E-state index contributed by atoms with van der Waals surface area (Å²) in [6.45, 7) is 2.02. The van der Waals surface area contributed by atoms with E-state index in [0.717, 1.165) is 17.5 Å². The second kappa shape index (κ2) is 6.68. The van der Waals surface area contributed by atoms with Crippen LogP contribution in [0.3, 0.4) is 0 Å². The fourth-order valence-corrected chi connectivity index (χ4v) is 3.04. The van der Waals surface area contributed by atoms with Crippen LogP contribution in [0.1, 0.15) is 22.8 Å². The number of nitrogens with zero attached hydrogens (tertiary/aromatic N) is 1. The molecule has 4 nitrogen and oxygen atoms in total. The molecule has 27 heavy (non-hydrogen) atoms. The van der Waals surface area contributed by atoms with E-state index in [1.54, 1.807) is 24.3 Å². The van der Waals surface area contributed by atoms with Gasteiger partial charge in [0.05, 0.1) is 11.1 Å². The van der Waals surface area contributed by atoms with E-state index in [9.17, 15) is 14.3 Å². The van der Waals surface area contributed by atoms with Gasteiger partial charge in [-0.25, -0.2) is 14.2 Å². The average molecular weight is 361 g/mol. The van der Waals surface area contributed by atoms with Crippen LogP contribution in [-0.4, -0.2) is 16.1 Å². The third-order valence-electron chi connectivity index (χ3n) is 4.50. The van der Waals surface area contributed by atoms with Crippen molar-refractivity contribution in [2.24, 2.45) is 0 Å². The molecule has 0 saturated carbocycles. The molecule has 0 amide bonds. The maximum Gasteiger partial charge on any atom is 0.336 e. The predicted octanol–water partition coefficient (Wildman–Crippen LogP) is 5.56. The largest absolute Gasteiger partial charge is 0.478 e. The van der Waals surface area contributed by atoms with Gasteiger partial charge in [-0.3, -0.25) is 0 Å². The fraction of sp³-hybridized carbons (Fsp3) is 0.0909. The third kappa shape index (κ3) is 3.19. The molecule has 5 heteroatoms. The van der Waals surface area contributed by atoms with Crippen LogP contribution in [0.15, 0.2) is 65.1 Å². The molecule has 2 aromatic heterocycles. The van der Waals surface area contributed by atoms with E-state index < -0.39 is 5.97 Å². The summed E-state index contributed by atoms with van der Waals surface area (Å²) in [5.41, 5.74) is 3.01. The molecule has 0 saturated heterocycles. The highest BCUT2D eigenvalue weighted by Crippen LogP contribution is 2.30. The van der Waals surface area contributed by atoms with Crippen molar-refractivity contribution >= 4 is 16.9 Å². The van der Waals surface area contributed by atoms with Crippen LogP contribution in [-0.2, 0) is 6.42 Å². The Labute approximate surface area is 154 Å². The Morgan fingerprint density at radius 1 is 1.04 bits per heavy atom. The second-order valence-electron chi connectivity index (χ2n) is 6.24. The van der Waals surface area contributed by atoms with Crippen molar-refractivity contribution in [2.45, 2.75) is 13.3 Å². The van der Waals surface area contributed by atoms with Crippen LogP contribution >= 0.6 is 0 Å². The first-order valence-corrected chi connectivity index (χ1v) is 8.58. The zero-order valence-corrected chi connectivity index (χ0v) is 14.6. The van der Waals surface area contributed by atoms with E-state index in [-0.39, 0.29) is 11.4 Å². The smallest absolute Gasteiger partial charge is 0.336 e. The molecular weight excluding hydrogens is 345 g/mol. The number of carboxylic acids is 1. The SMILES string of the molecule is CCc1ccc2nc(-c3ccc(-c4ccc(F)cc4)o3)cc(C(=O)O)c2c1. The monoisotopic (exact) mass is 361 g/mol. The highest BCUT2D eigenvalue weighted by molar-refractivity contribution is 6.03. The van der Waals surface area contributed by atoms with Gasteiger partial charge >= 0.3 is 5.97 Å². The number of halogens is 1. The molecule has 0 fully saturated rings. The number of pyridine rings is 1. The van der Waals surface area contributed by atoms with Crippen molar-refractivity contribution in [1.82, 2.24) is 4.98 Å². The number of rotatable bonds is 4. The topological polar surface area (TPSA) is 63.3 Å². The predicted molar refractivity (Wildman–Crippen MR) is 101 cm³/mol. The molecule has 2 aromatic carbocycles. The van der Waals surface area contributed by atoms with Crippen LogP contribution < -0.4 is 0 Å². The van der Waals surface area contributed by atoms with Gasteiger partial charge in [-0.1, -0.05) is 13.0 Å². The molecule has 134 valence electrons. The van der Waals surface area contributed by atoms with Gasteiger partial charge in [0.25, 0.3) is 0 Å². The van der Waals surface area contributed by atoms with Crippen LogP contribution in [0.25, 0.3) is 33.7 Å². The quantitative estimate of drug-likeness (QED) is 0.517. The Bertz CT molecular complexity index is 1150. The maximum atomic E-state index is 13.1. The van der Waals surface area contributed by atoms with Crippen LogP contribution in [0.2, 0.25) is 0 Å². The Morgan fingerprint density at radius 2 is 1.78 bits per heavy atom. The first-order chi connectivity index (χ1) is 13.0. The summed E-state index contributed by atoms with van der Waals surface area (Å²) in [4.78, 5) is 16.3. The summed E-state index contributed by atoms with van der Waals surface area (Å²) in [6, 6.07) is 16.6. The molecule has 0 aliphatic heterocycles. The molecule has 0 unspecified atom stereocenters. The average Bonchev–Trinajstić information content (AvgIpc) is 3.17. The lowest BCUT2D eigenvalue weighted by Gasteiger charge is -2.07. The van der Waals surface area contributed by atoms with Gasteiger partial charge < -0.3 is 9.52 Å². The van der Waals surface area contributed by atoms with Crippen LogP contribution in [0.4, 0.5) is 4.39 Å². The lowest BCUT2D eigenvalue weighted by atomic mass is 10.0. The number of carboxylic acid groups (broad SMARTS) is 1. The normalized spacial score (nSPS) is 11.0. The van der Waals surface area contributed by atoms with Crippen LogP contribution in [0.5, 0.6) is 0 Å².